The van der Waals surface area contributed by atoms with Gasteiger partial charge < -0.3 is 5.32 Å². The van der Waals surface area contributed by atoms with Gasteiger partial charge in [-0.15, -0.1) is 0 Å². The minimum absolute atomic E-state index is 0.0585. The van der Waals surface area contributed by atoms with Crippen LogP contribution in [0.25, 0.3) is 0 Å². The lowest BCUT2D eigenvalue weighted by Gasteiger charge is -2.13. The predicted molar refractivity (Wildman–Crippen MR) is 80.8 cm³/mol. The number of hydrogen-bond donors (Lipinski definition) is 1. The number of anilines is 1. The molecule has 0 bridgehead atoms. The molecule has 4 nitrogen and oxygen atoms in total. The molecule has 1 N–H and O–H groups in total. The van der Waals surface area contributed by atoms with Gasteiger partial charge >= 0.3 is 0 Å². The van der Waals surface area contributed by atoms with E-state index in [1.165, 1.54) is 18.6 Å². The molecule has 1 aromatic rings. The summed E-state index contributed by atoms with van der Waals surface area (Å²) in [6.45, 7) is 2.89. The van der Waals surface area contributed by atoms with E-state index >= 15 is 0 Å². The van der Waals surface area contributed by atoms with Crippen LogP contribution in [0.4, 0.5) is 15.8 Å². The topological polar surface area (TPSA) is 55.2 Å². The van der Waals surface area contributed by atoms with Crippen molar-refractivity contribution < 1.29 is 9.31 Å². The van der Waals surface area contributed by atoms with Crippen LogP contribution in [0.5, 0.6) is 0 Å². The zero-order valence-corrected chi connectivity index (χ0v) is 12.8. The molecule has 19 heavy (non-hydrogen) atoms. The van der Waals surface area contributed by atoms with Gasteiger partial charge in [0.25, 0.3) is 5.69 Å². The van der Waals surface area contributed by atoms with Crippen molar-refractivity contribution in [2.24, 2.45) is 11.8 Å². The Labute approximate surface area is 125 Å². The van der Waals surface area contributed by atoms with Crippen molar-refractivity contribution in [2.75, 3.05) is 11.9 Å². The van der Waals surface area contributed by atoms with Crippen LogP contribution in [-0.4, -0.2) is 11.5 Å². The van der Waals surface area contributed by atoms with E-state index in [0.717, 1.165) is 18.8 Å². The lowest BCUT2D eigenvalue weighted by Crippen LogP contribution is -2.13. The second kappa shape index (κ2) is 6.02. The highest BCUT2D eigenvalue weighted by Crippen LogP contribution is 2.32. The molecule has 104 valence electrons. The highest BCUT2D eigenvalue weighted by atomic mass is 127. The second-order valence-electron chi connectivity index (χ2n) is 5.21. The Morgan fingerprint density at radius 1 is 1.53 bits per heavy atom. The largest absolute Gasteiger partial charge is 0.379 e. The molecule has 6 heteroatoms. The Kier molecular flexibility index (Phi) is 4.59. The summed E-state index contributed by atoms with van der Waals surface area (Å²) in [5.41, 5.74) is 0.222. The minimum atomic E-state index is -0.471. The number of halogens is 2. The molecule has 2 rings (SSSR count). The SMILES string of the molecule is CC1CCC(CNc2cc(F)c(I)cc2[N+](=O)[O-])C1. The Morgan fingerprint density at radius 3 is 2.84 bits per heavy atom. The third-order valence-corrected chi connectivity index (χ3v) is 4.45. The van der Waals surface area contributed by atoms with Gasteiger partial charge in [-0.25, -0.2) is 4.39 Å². The van der Waals surface area contributed by atoms with Gasteiger partial charge in [0, 0.05) is 18.7 Å². The third-order valence-electron chi connectivity index (χ3n) is 3.62. The number of hydrogen-bond acceptors (Lipinski definition) is 3. The van der Waals surface area contributed by atoms with Gasteiger partial charge in [-0.3, -0.25) is 10.1 Å². The molecule has 0 amide bonds. The number of nitrogens with zero attached hydrogens (tertiary/aromatic N) is 1. The van der Waals surface area contributed by atoms with Crippen molar-refractivity contribution in [1.29, 1.82) is 0 Å². The molecule has 1 aliphatic carbocycles. The van der Waals surface area contributed by atoms with Crippen molar-refractivity contribution in [3.8, 4) is 0 Å². The zero-order valence-electron chi connectivity index (χ0n) is 10.7. The highest BCUT2D eigenvalue weighted by Gasteiger charge is 2.23. The van der Waals surface area contributed by atoms with Gasteiger partial charge in [-0.2, -0.15) is 0 Å². The second-order valence-corrected chi connectivity index (χ2v) is 6.37. The molecular formula is C13H16FIN2O2. The van der Waals surface area contributed by atoms with Crippen LogP contribution < -0.4 is 5.32 Å². The third kappa shape index (κ3) is 3.55. The Morgan fingerprint density at radius 2 is 2.26 bits per heavy atom. The standard InChI is InChI=1S/C13H16FIN2O2/c1-8-2-3-9(4-8)7-16-12-5-10(14)11(15)6-13(12)17(18)19/h5-6,8-9,16H,2-4,7H2,1H3. The number of nitrogens with one attached hydrogen (secondary N) is 1. The maximum Gasteiger partial charge on any atom is 0.293 e. The average Bonchev–Trinajstić information content (AvgIpc) is 2.76. The molecule has 2 atom stereocenters. The summed E-state index contributed by atoms with van der Waals surface area (Å²) in [5, 5.41) is 14.0. The van der Waals surface area contributed by atoms with E-state index in [0.29, 0.717) is 12.5 Å². The molecular weight excluding hydrogens is 362 g/mol. The van der Waals surface area contributed by atoms with E-state index in [-0.39, 0.29) is 14.9 Å². The zero-order chi connectivity index (χ0) is 14.0. The highest BCUT2D eigenvalue weighted by molar-refractivity contribution is 14.1. The van der Waals surface area contributed by atoms with Crippen molar-refractivity contribution in [1.82, 2.24) is 0 Å². The first-order chi connectivity index (χ1) is 8.97. The number of rotatable bonds is 4. The van der Waals surface area contributed by atoms with Crippen LogP contribution in [0.15, 0.2) is 12.1 Å². The van der Waals surface area contributed by atoms with E-state index in [4.69, 9.17) is 0 Å². The predicted octanol–water partition coefficient (Wildman–Crippen LogP) is 4.19. The molecule has 1 aromatic carbocycles. The minimum Gasteiger partial charge on any atom is -0.379 e. The first kappa shape index (κ1) is 14.5. The van der Waals surface area contributed by atoms with Gasteiger partial charge in [0.15, 0.2) is 0 Å². The molecule has 0 spiro atoms. The smallest absolute Gasteiger partial charge is 0.293 e. The van der Waals surface area contributed by atoms with Crippen LogP contribution in [0, 0.1) is 31.3 Å². The number of benzene rings is 1. The van der Waals surface area contributed by atoms with E-state index in [9.17, 15) is 14.5 Å². The number of nitro groups is 1. The molecule has 2 unspecified atom stereocenters. The molecule has 1 aliphatic rings. The lowest BCUT2D eigenvalue weighted by molar-refractivity contribution is -0.384. The van der Waals surface area contributed by atoms with Crippen molar-refractivity contribution in [3.63, 3.8) is 0 Å². The Balaban J connectivity index is 2.10. The molecule has 1 saturated carbocycles. The van der Waals surface area contributed by atoms with E-state index in [1.54, 1.807) is 22.6 Å². The Bertz CT molecular complexity index is 496. The first-order valence-electron chi connectivity index (χ1n) is 6.34. The van der Waals surface area contributed by atoms with Gasteiger partial charge in [-0.05, 0) is 47.3 Å². The van der Waals surface area contributed by atoms with Gasteiger partial charge in [0.1, 0.15) is 11.5 Å². The summed E-state index contributed by atoms with van der Waals surface area (Å²) >= 11 is 1.76. The summed E-state index contributed by atoms with van der Waals surface area (Å²) in [6.07, 6.45) is 3.47. The molecule has 0 heterocycles. The number of nitro benzene ring substituents is 1. The quantitative estimate of drug-likeness (QED) is 0.486. The van der Waals surface area contributed by atoms with Crippen LogP contribution in [0.3, 0.4) is 0 Å². The summed E-state index contributed by atoms with van der Waals surface area (Å²) in [5.74, 6) is 0.820. The maximum atomic E-state index is 13.5. The molecule has 0 aliphatic heterocycles. The maximum absolute atomic E-state index is 13.5. The summed E-state index contributed by atoms with van der Waals surface area (Å²) in [6, 6.07) is 2.49. The average molecular weight is 378 g/mol. The fourth-order valence-corrected chi connectivity index (χ4v) is 3.04. The van der Waals surface area contributed by atoms with Crippen molar-refractivity contribution in [2.45, 2.75) is 26.2 Å². The monoisotopic (exact) mass is 378 g/mol. The summed E-state index contributed by atoms with van der Waals surface area (Å²) < 4.78 is 13.8. The summed E-state index contributed by atoms with van der Waals surface area (Å²) in [4.78, 5) is 10.5. The fraction of sp³-hybridized carbons (Fsp3) is 0.538. The van der Waals surface area contributed by atoms with Gasteiger partial charge in [0.05, 0.1) is 8.49 Å². The van der Waals surface area contributed by atoms with Crippen LogP contribution in [0.1, 0.15) is 26.2 Å². The summed E-state index contributed by atoms with van der Waals surface area (Å²) in [7, 11) is 0. The lowest BCUT2D eigenvalue weighted by atomic mass is 10.1. The van der Waals surface area contributed by atoms with Crippen molar-refractivity contribution in [3.05, 3.63) is 31.6 Å². The fourth-order valence-electron chi connectivity index (χ4n) is 2.59. The first-order valence-corrected chi connectivity index (χ1v) is 7.42. The van der Waals surface area contributed by atoms with Crippen LogP contribution in [-0.2, 0) is 0 Å². The van der Waals surface area contributed by atoms with E-state index < -0.39 is 10.7 Å². The van der Waals surface area contributed by atoms with Gasteiger partial charge in [0.2, 0.25) is 0 Å². The van der Waals surface area contributed by atoms with Crippen LogP contribution in [0.2, 0.25) is 0 Å². The van der Waals surface area contributed by atoms with Crippen molar-refractivity contribution >= 4 is 34.0 Å². The Hall–Kier alpha value is -0.920. The molecule has 0 saturated heterocycles. The van der Waals surface area contributed by atoms with Gasteiger partial charge in [-0.1, -0.05) is 13.3 Å². The molecule has 1 fully saturated rings. The normalized spacial score (nSPS) is 22.5. The molecule has 0 radical (unpaired) electrons. The van der Waals surface area contributed by atoms with Crippen LogP contribution >= 0.6 is 22.6 Å². The molecule has 0 aromatic heterocycles. The van der Waals surface area contributed by atoms with E-state index in [1.807, 2.05) is 0 Å². The van der Waals surface area contributed by atoms with E-state index in [2.05, 4.69) is 12.2 Å².